The molecule has 0 radical (unpaired) electrons. The number of amides is 3. The number of hydrogen-bond donors (Lipinski definition) is 0. The lowest BCUT2D eigenvalue weighted by Gasteiger charge is -2.38. The molecule has 1 atom stereocenters. The fourth-order valence-corrected chi connectivity index (χ4v) is 3.49. The molecule has 0 aliphatic carbocycles. The Hall–Kier alpha value is -2.52. The maximum atomic E-state index is 12.7. The molecule has 148 valence electrons. The Bertz CT molecular complexity index is 697. The zero-order valence-corrected chi connectivity index (χ0v) is 14.6. The van der Waals surface area contributed by atoms with Crippen LogP contribution in [0.4, 0.5) is 13.2 Å². The van der Waals surface area contributed by atoms with Crippen LogP contribution in [-0.2, 0) is 9.59 Å². The van der Waals surface area contributed by atoms with Gasteiger partial charge in [0, 0.05) is 39.3 Å². The third-order valence-corrected chi connectivity index (χ3v) is 4.91. The Kier molecular flexibility index (Phi) is 5.43. The molecule has 2 saturated heterocycles. The molecule has 1 aromatic rings. The van der Waals surface area contributed by atoms with Gasteiger partial charge in [-0.15, -0.1) is 0 Å². The second kappa shape index (κ2) is 7.61. The molecule has 0 aromatic carbocycles. The summed E-state index contributed by atoms with van der Waals surface area (Å²) in [6.45, 7) is 1.03. The van der Waals surface area contributed by atoms with E-state index in [9.17, 15) is 27.6 Å². The molecule has 3 amide bonds. The first kappa shape index (κ1) is 19.2. The van der Waals surface area contributed by atoms with Crippen molar-refractivity contribution >= 4 is 17.7 Å². The van der Waals surface area contributed by atoms with E-state index < -0.39 is 18.0 Å². The van der Waals surface area contributed by atoms with Crippen LogP contribution < -0.4 is 0 Å². The van der Waals surface area contributed by atoms with Crippen molar-refractivity contribution in [3.8, 4) is 0 Å². The summed E-state index contributed by atoms with van der Waals surface area (Å²) in [7, 11) is 0. The first-order valence-electron chi connectivity index (χ1n) is 8.75. The summed E-state index contributed by atoms with van der Waals surface area (Å²) in [6.07, 6.45) is -2.71. The van der Waals surface area contributed by atoms with Crippen LogP contribution in [0.15, 0.2) is 22.8 Å². The first-order chi connectivity index (χ1) is 12.8. The summed E-state index contributed by atoms with van der Waals surface area (Å²) in [5.41, 5.74) is 0. The Morgan fingerprint density at radius 2 is 1.67 bits per heavy atom. The van der Waals surface area contributed by atoms with Crippen LogP contribution in [0.1, 0.15) is 23.4 Å². The summed E-state index contributed by atoms with van der Waals surface area (Å²) < 4.78 is 42.9. The number of piperidine rings is 1. The lowest BCUT2D eigenvalue weighted by molar-refractivity contribution is -0.187. The summed E-state index contributed by atoms with van der Waals surface area (Å²) in [5.74, 6) is -2.83. The quantitative estimate of drug-likeness (QED) is 0.768. The Morgan fingerprint density at radius 1 is 1.00 bits per heavy atom. The van der Waals surface area contributed by atoms with Crippen LogP contribution >= 0.6 is 0 Å². The van der Waals surface area contributed by atoms with E-state index in [0.717, 1.165) is 0 Å². The normalized spacial score (nSPS) is 21.3. The average molecular weight is 387 g/mol. The Labute approximate surface area is 153 Å². The van der Waals surface area contributed by atoms with E-state index in [4.69, 9.17) is 4.42 Å². The summed E-state index contributed by atoms with van der Waals surface area (Å²) in [4.78, 5) is 40.1. The average Bonchev–Trinajstić information content (AvgIpc) is 3.20. The van der Waals surface area contributed by atoms with Gasteiger partial charge in [0.1, 0.15) is 0 Å². The molecule has 3 rings (SSSR count). The highest BCUT2D eigenvalue weighted by molar-refractivity contribution is 5.91. The molecule has 1 aromatic heterocycles. The number of nitrogens with zero attached hydrogens (tertiary/aromatic N) is 3. The molecule has 1 unspecified atom stereocenters. The highest BCUT2D eigenvalue weighted by Gasteiger charge is 2.44. The predicted molar refractivity (Wildman–Crippen MR) is 86.6 cm³/mol. The number of halogens is 3. The highest BCUT2D eigenvalue weighted by atomic mass is 19.4. The number of likely N-dealkylation sites (tertiary alicyclic amines) is 1. The molecular weight excluding hydrogens is 367 g/mol. The smallest absolute Gasteiger partial charge is 0.459 e. The summed E-state index contributed by atoms with van der Waals surface area (Å²) >= 11 is 0. The molecule has 0 N–H and O–H groups in total. The van der Waals surface area contributed by atoms with Gasteiger partial charge >= 0.3 is 12.1 Å². The lowest BCUT2D eigenvalue weighted by Crippen LogP contribution is -2.54. The van der Waals surface area contributed by atoms with Crippen LogP contribution in [0, 0.1) is 5.92 Å². The van der Waals surface area contributed by atoms with Gasteiger partial charge in [0.15, 0.2) is 5.76 Å². The zero-order chi connectivity index (χ0) is 19.6. The van der Waals surface area contributed by atoms with Crippen molar-refractivity contribution in [3.05, 3.63) is 24.2 Å². The molecule has 0 bridgehead atoms. The molecule has 2 aliphatic heterocycles. The van der Waals surface area contributed by atoms with E-state index >= 15 is 0 Å². The molecular formula is C17H20F3N3O4. The monoisotopic (exact) mass is 387 g/mol. The fraction of sp³-hybridized carbons (Fsp3) is 0.588. The van der Waals surface area contributed by atoms with Gasteiger partial charge < -0.3 is 19.1 Å². The van der Waals surface area contributed by atoms with Crippen LogP contribution in [0.3, 0.4) is 0 Å². The van der Waals surface area contributed by atoms with E-state index in [1.165, 1.54) is 6.26 Å². The largest absolute Gasteiger partial charge is 0.471 e. The van der Waals surface area contributed by atoms with E-state index in [0.29, 0.717) is 43.9 Å². The number of rotatable bonds is 2. The maximum Gasteiger partial charge on any atom is 0.471 e. The van der Waals surface area contributed by atoms with Crippen molar-refractivity contribution in [3.63, 3.8) is 0 Å². The van der Waals surface area contributed by atoms with Crippen molar-refractivity contribution in [2.24, 2.45) is 5.92 Å². The molecule has 27 heavy (non-hydrogen) atoms. The van der Waals surface area contributed by atoms with Gasteiger partial charge in [-0.1, -0.05) is 0 Å². The van der Waals surface area contributed by atoms with Gasteiger partial charge in [0.25, 0.3) is 5.91 Å². The SMILES string of the molecule is O=C(c1ccco1)N1CCN(C(=O)C2CCCN(C(=O)C(F)(F)F)C2)CC1. The van der Waals surface area contributed by atoms with E-state index in [2.05, 4.69) is 0 Å². The lowest BCUT2D eigenvalue weighted by atomic mass is 9.96. The maximum absolute atomic E-state index is 12.7. The van der Waals surface area contributed by atoms with Crippen molar-refractivity contribution in [1.29, 1.82) is 0 Å². The van der Waals surface area contributed by atoms with Gasteiger partial charge in [-0.25, -0.2) is 0 Å². The van der Waals surface area contributed by atoms with Crippen LogP contribution in [0.25, 0.3) is 0 Å². The summed E-state index contributed by atoms with van der Waals surface area (Å²) in [5, 5.41) is 0. The Morgan fingerprint density at radius 3 is 2.26 bits per heavy atom. The van der Waals surface area contributed by atoms with Crippen LogP contribution in [0.5, 0.6) is 0 Å². The van der Waals surface area contributed by atoms with Crippen molar-refractivity contribution < 1.29 is 32.0 Å². The number of hydrogen-bond acceptors (Lipinski definition) is 4. The minimum atomic E-state index is -4.93. The highest BCUT2D eigenvalue weighted by Crippen LogP contribution is 2.25. The van der Waals surface area contributed by atoms with Crippen LogP contribution in [0.2, 0.25) is 0 Å². The van der Waals surface area contributed by atoms with Gasteiger partial charge in [-0.3, -0.25) is 14.4 Å². The predicted octanol–water partition coefficient (Wildman–Crippen LogP) is 1.36. The topological polar surface area (TPSA) is 74.1 Å². The molecule has 2 fully saturated rings. The third-order valence-electron chi connectivity index (χ3n) is 4.91. The zero-order valence-electron chi connectivity index (χ0n) is 14.6. The Balaban J connectivity index is 1.54. The van der Waals surface area contributed by atoms with Gasteiger partial charge in [-0.05, 0) is 25.0 Å². The standard InChI is InChI=1S/C17H20F3N3O4/c18-17(19,20)16(26)23-5-1-3-12(11-23)14(24)21-6-8-22(9-7-21)15(25)13-4-2-10-27-13/h2,4,10,12H,1,3,5-9,11H2. The molecule has 3 heterocycles. The second-order valence-electron chi connectivity index (χ2n) is 6.68. The molecule has 0 spiro atoms. The number of carbonyl (C=O) groups excluding carboxylic acids is 3. The number of furan rings is 1. The van der Waals surface area contributed by atoms with Crippen molar-refractivity contribution in [1.82, 2.24) is 14.7 Å². The molecule has 2 aliphatic rings. The minimum absolute atomic E-state index is 0.00749. The van der Waals surface area contributed by atoms with Gasteiger partial charge in [0.2, 0.25) is 5.91 Å². The minimum Gasteiger partial charge on any atom is -0.459 e. The number of alkyl halides is 3. The van der Waals surface area contributed by atoms with Crippen molar-refractivity contribution in [2.45, 2.75) is 19.0 Å². The van der Waals surface area contributed by atoms with Crippen LogP contribution in [-0.4, -0.2) is 77.9 Å². The first-order valence-corrected chi connectivity index (χ1v) is 8.75. The third kappa shape index (κ3) is 4.25. The second-order valence-corrected chi connectivity index (χ2v) is 6.68. The molecule has 7 nitrogen and oxygen atoms in total. The van der Waals surface area contributed by atoms with Gasteiger partial charge in [-0.2, -0.15) is 13.2 Å². The summed E-state index contributed by atoms with van der Waals surface area (Å²) in [6, 6.07) is 3.18. The number of piperazine rings is 1. The van der Waals surface area contributed by atoms with E-state index in [-0.39, 0.29) is 30.7 Å². The van der Waals surface area contributed by atoms with Gasteiger partial charge in [0.05, 0.1) is 12.2 Å². The van der Waals surface area contributed by atoms with E-state index in [1.807, 2.05) is 0 Å². The fourth-order valence-electron chi connectivity index (χ4n) is 3.49. The van der Waals surface area contributed by atoms with E-state index in [1.54, 1.807) is 21.9 Å². The number of carbonyl (C=O) groups is 3. The molecule has 10 heteroatoms. The molecule has 0 saturated carbocycles. The van der Waals surface area contributed by atoms with Crippen molar-refractivity contribution in [2.75, 3.05) is 39.3 Å².